The molecule has 102 valence electrons. The van der Waals surface area contributed by atoms with Crippen molar-refractivity contribution < 1.29 is 4.79 Å². The molecule has 0 spiro atoms. The second-order valence-electron chi connectivity index (χ2n) is 4.78. The lowest BCUT2D eigenvalue weighted by molar-refractivity contribution is 0.104. The van der Waals surface area contributed by atoms with Gasteiger partial charge in [-0.05, 0) is 34.5 Å². The summed E-state index contributed by atoms with van der Waals surface area (Å²) in [6.45, 7) is 0. The van der Waals surface area contributed by atoms with Crippen LogP contribution in [0.5, 0.6) is 0 Å². The van der Waals surface area contributed by atoms with E-state index in [-0.39, 0.29) is 5.78 Å². The molecule has 3 rings (SSSR count). The highest BCUT2D eigenvalue weighted by Crippen LogP contribution is 2.19. The number of allylic oxidation sites excluding steroid dienone is 1. The Morgan fingerprint density at radius 3 is 2.38 bits per heavy atom. The Kier molecular flexibility index (Phi) is 3.85. The molecule has 0 fully saturated rings. The molecule has 0 radical (unpaired) electrons. The first-order valence-electron chi connectivity index (χ1n) is 6.70. The summed E-state index contributed by atoms with van der Waals surface area (Å²) in [6.07, 6.45) is 3.41. The highest BCUT2D eigenvalue weighted by molar-refractivity contribution is 6.30. The Morgan fingerprint density at radius 1 is 0.857 bits per heavy atom. The standard InChI is InChI=1S/C19H13ClO/c20-16-11-8-14(9-12-16)10-13-19(21)18-7-3-5-15-4-1-2-6-17(15)18/h1-13H/b13-10+. The van der Waals surface area contributed by atoms with Gasteiger partial charge in [-0.15, -0.1) is 0 Å². The second-order valence-corrected chi connectivity index (χ2v) is 5.21. The van der Waals surface area contributed by atoms with Crippen LogP contribution in [0.15, 0.2) is 72.8 Å². The van der Waals surface area contributed by atoms with E-state index in [4.69, 9.17) is 11.6 Å². The minimum Gasteiger partial charge on any atom is -0.289 e. The largest absolute Gasteiger partial charge is 0.289 e. The molecular formula is C19H13ClO. The fourth-order valence-electron chi connectivity index (χ4n) is 2.28. The fraction of sp³-hybridized carbons (Fsp3) is 0. The van der Waals surface area contributed by atoms with Crippen molar-refractivity contribution in [3.8, 4) is 0 Å². The molecule has 0 aliphatic rings. The minimum absolute atomic E-state index is 0.00162. The van der Waals surface area contributed by atoms with Crippen molar-refractivity contribution in [2.45, 2.75) is 0 Å². The maximum Gasteiger partial charge on any atom is 0.186 e. The summed E-state index contributed by atoms with van der Waals surface area (Å²) < 4.78 is 0. The lowest BCUT2D eigenvalue weighted by atomic mass is 10.0. The number of ketones is 1. The number of halogens is 1. The third kappa shape index (κ3) is 3.04. The predicted molar refractivity (Wildman–Crippen MR) is 88.8 cm³/mol. The first-order valence-corrected chi connectivity index (χ1v) is 7.07. The molecule has 2 heteroatoms. The smallest absolute Gasteiger partial charge is 0.186 e. The first kappa shape index (κ1) is 13.6. The highest BCUT2D eigenvalue weighted by Gasteiger charge is 2.06. The SMILES string of the molecule is O=C(/C=C/c1ccc(Cl)cc1)c1cccc2ccccc12. The van der Waals surface area contributed by atoms with Crippen LogP contribution in [0.2, 0.25) is 5.02 Å². The fourth-order valence-corrected chi connectivity index (χ4v) is 2.40. The van der Waals surface area contributed by atoms with Crippen LogP contribution in [-0.2, 0) is 0 Å². The summed E-state index contributed by atoms with van der Waals surface area (Å²) in [4.78, 5) is 12.4. The van der Waals surface area contributed by atoms with Crippen LogP contribution in [-0.4, -0.2) is 5.78 Å². The van der Waals surface area contributed by atoms with Crippen LogP contribution < -0.4 is 0 Å². The summed E-state index contributed by atoms with van der Waals surface area (Å²) >= 11 is 5.84. The maximum atomic E-state index is 12.4. The van der Waals surface area contributed by atoms with Gasteiger partial charge < -0.3 is 0 Å². The number of carbonyl (C=O) groups excluding carboxylic acids is 1. The number of hydrogen-bond acceptors (Lipinski definition) is 1. The van der Waals surface area contributed by atoms with Crippen molar-refractivity contribution >= 4 is 34.2 Å². The summed E-state index contributed by atoms with van der Waals surface area (Å²) in [5.41, 5.74) is 1.67. The van der Waals surface area contributed by atoms with E-state index in [0.29, 0.717) is 5.02 Å². The van der Waals surface area contributed by atoms with E-state index in [1.807, 2.05) is 66.7 Å². The van der Waals surface area contributed by atoms with Gasteiger partial charge in [-0.2, -0.15) is 0 Å². The van der Waals surface area contributed by atoms with Gasteiger partial charge in [0.15, 0.2) is 5.78 Å². The summed E-state index contributed by atoms with van der Waals surface area (Å²) in [5, 5.41) is 2.74. The molecule has 0 aliphatic carbocycles. The van der Waals surface area contributed by atoms with Gasteiger partial charge in [0.1, 0.15) is 0 Å². The van der Waals surface area contributed by atoms with E-state index in [9.17, 15) is 4.79 Å². The Balaban J connectivity index is 1.92. The molecule has 0 unspecified atom stereocenters. The normalized spacial score (nSPS) is 11.1. The molecule has 1 nitrogen and oxygen atoms in total. The highest BCUT2D eigenvalue weighted by atomic mass is 35.5. The average molecular weight is 293 g/mol. The van der Waals surface area contributed by atoms with Gasteiger partial charge in [0, 0.05) is 10.6 Å². The molecule has 3 aromatic rings. The summed E-state index contributed by atoms with van der Waals surface area (Å²) in [5.74, 6) is 0.00162. The van der Waals surface area contributed by atoms with E-state index in [1.54, 1.807) is 12.2 Å². The quantitative estimate of drug-likeness (QED) is 0.467. The Bertz CT molecular complexity index is 811. The molecular weight excluding hydrogens is 280 g/mol. The minimum atomic E-state index is 0.00162. The van der Waals surface area contributed by atoms with Crippen LogP contribution in [0.1, 0.15) is 15.9 Å². The second kappa shape index (κ2) is 5.94. The molecule has 0 atom stereocenters. The molecule has 0 heterocycles. The summed E-state index contributed by atoms with van der Waals surface area (Å²) in [7, 11) is 0. The van der Waals surface area contributed by atoms with Crippen LogP contribution in [0.4, 0.5) is 0 Å². The topological polar surface area (TPSA) is 17.1 Å². The maximum absolute atomic E-state index is 12.4. The number of benzene rings is 3. The van der Waals surface area contributed by atoms with Crippen molar-refractivity contribution in [3.63, 3.8) is 0 Å². The molecule has 3 aromatic carbocycles. The van der Waals surface area contributed by atoms with E-state index in [2.05, 4.69) is 0 Å². The number of rotatable bonds is 3. The van der Waals surface area contributed by atoms with E-state index in [0.717, 1.165) is 21.9 Å². The Morgan fingerprint density at radius 2 is 1.57 bits per heavy atom. The van der Waals surface area contributed by atoms with Gasteiger partial charge >= 0.3 is 0 Å². The third-order valence-electron chi connectivity index (χ3n) is 3.35. The molecule has 0 saturated heterocycles. The van der Waals surface area contributed by atoms with Crippen molar-refractivity contribution in [2.24, 2.45) is 0 Å². The first-order chi connectivity index (χ1) is 10.2. The molecule has 0 aromatic heterocycles. The average Bonchev–Trinajstić information content (AvgIpc) is 2.53. The van der Waals surface area contributed by atoms with Gasteiger partial charge in [-0.3, -0.25) is 4.79 Å². The molecule has 0 aliphatic heterocycles. The van der Waals surface area contributed by atoms with E-state index in [1.165, 1.54) is 0 Å². The molecule has 0 N–H and O–H groups in total. The van der Waals surface area contributed by atoms with Crippen LogP contribution in [0.3, 0.4) is 0 Å². The van der Waals surface area contributed by atoms with Crippen molar-refractivity contribution in [2.75, 3.05) is 0 Å². The lowest BCUT2D eigenvalue weighted by Crippen LogP contribution is -1.95. The van der Waals surface area contributed by atoms with Gasteiger partial charge in [0.25, 0.3) is 0 Å². The van der Waals surface area contributed by atoms with Crippen molar-refractivity contribution in [1.82, 2.24) is 0 Å². The Labute approximate surface area is 128 Å². The Hall–Kier alpha value is -2.38. The third-order valence-corrected chi connectivity index (χ3v) is 3.60. The number of carbonyl (C=O) groups is 1. The molecule has 0 saturated carbocycles. The predicted octanol–water partition coefficient (Wildman–Crippen LogP) is 5.39. The van der Waals surface area contributed by atoms with Gasteiger partial charge in [0.2, 0.25) is 0 Å². The molecule has 0 amide bonds. The zero-order valence-corrected chi connectivity index (χ0v) is 12.0. The zero-order chi connectivity index (χ0) is 14.7. The van der Waals surface area contributed by atoms with Crippen molar-refractivity contribution in [3.05, 3.63) is 89.0 Å². The molecule has 0 bridgehead atoms. The van der Waals surface area contributed by atoms with Gasteiger partial charge in [0.05, 0.1) is 0 Å². The number of hydrogen-bond donors (Lipinski definition) is 0. The van der Waals surface area contributed by atoms with Crippen LogP contribution in [0.25, 0.3) is 16.8 Å². The van der Waals surface area contributed by atoms with Gasteiger partial charge in [-0.1, -0.05) is 72.3 Å². The van der Waals surface area contributed by atoms with Crippen molar-refractivity contribution in [1.29, 1.82) is 0 Å². The summed E-state index contributed by atoms with van der Waals surface area (Å²) in [6, 6.07) is 21.1. The number of fused-ring (bicyclic) bond motifs is 1. The molecule has 21 heavy (non-hydrogen) atoms. The van der Waals surface area contributed by atoms with Crippen LogP contribution >= 0.6 is 11.6 Å². The zero-order valence-electron chi connectivity index (χ0n) is 11.3. The van der Waals surface area contributed by atoms with E-state index >= 15 is 0 Å². The van der Waals surface area contributed by atoms with Crippen LogP contribution in [0, 0.1) is 0 Å². The monoisotopic (exact) mass is 292 g/mol. The van der Waals surface area contributed by atoms with E-state index < -0.39 is 0 Å². The van der Waals surface area contributed by atoms with Gasteiger partial charge in [-0.25, -0.2) is 0 Å². The lowest BCUT2D eigenvalue weighted by Gasteiger charge is -2.02.